The van der Waals surface area contributed by atoms with Crippen molar-refractivity contribution in [3.63, 3.8) is 0 Å². The van der Waals surface area contributed by atoms with Crippen LogP contribution in [0.1, 0.15) is 60.9 Å². The number of carbonyl (C=O) groups excluding carboxylic acids is 1. The summed E-state index contributed by atoms with van der Waals surface area (Å²) in [5.41, 5.74) is 2.00. The van der Waals surface area contributed by atoms with Gasteiger partial charge in [-0.3, -0.25) is 14.9 Å². The third-order valence-corrected chi connectivity index (χ3v) is 14.9. The summed E-state index contributed by atoms with van der Waals surface area (Å²) in [6, 6.07) is 10.4. The first-order valence-electron chi connectivity index (χ1n) is 17.5. The van der Waals surface area contributed by atoms with Gasteiger partial charge in [0.25, 0.3) is 0 Å². The number of carboxylic acids is 2. The number of nitrogens with zero attached hydrogens (tertiary/aromatic N) is 2. The molecule has 18 heteroatoms. The number of fused-ring (bicyclic) bond motifs is 2. The molecule has 4 unspecified atom stereocenters. The summed E-state index contributed by atoms with van der Waals surface area (Å²) >= 11 is 10.5. The monoisotopic (exact) mass is 822 g/mol. The SMILES string of the molecule is C[C@H](NC(CSCc1ncc(CNS(=O)(=O)c2cc3c(cc2Cl)NC(CCc2ccccc2)NS3)s1)C(=O)O)C(=O)N1C2CCCCC2C[C@H]1C(=O)O. The number of benzene rings is 2. The highest BCUT2D eigenvalue weighted by atomic mass is 35.5. The minimum atomic E-state index is -3.97. The van der Waals surface area contributed by atoms with Gasteiger partial charge < -0.3 is 20.4 Å². The van der Waals surface area contributed by atoms with Crippen molar-refractivity contribution in [1.82, 2.24) is 24.6 Å². The number of sulfonamides is 1. The average molecular weight is 823 g/mol. The lowest BCUT2D eigenvalue weighted by Gasteiger charge is -2.35. The van der Waals surface area contributed by atoms with Gasteiger partial charge in [0, 0.05) is 40.1 Å². The molecule has 3 aromatic rings. The van der Waals surface area contributed by atoms with E-state index in [1.54, 1.807) is 25.3 Å². The quantitative estimate of drug-likeness (QED) is 0.104. The molecule has 286 valence electrons. The molecule has 13 nitrogen and oxygen atoms in total. The molecular weight excluding hydrogens is 780 g/mol. The van der Waals surface area contributed by atoms with Crippen LogP contribution in [-0.2, 0) is 43.1 Å². The fraction of sp³-hybridized carbons (Fsp3) is 0.486. The predicted octanol–water partition coefficient (Wildman–Crippen LogP) is 5.16. The van der Waals surface area contributed by atoms with Crippen LogP contribution in [0.4, 0.5) is 5.69 Å². The number of aromatic nitrogens is 1. The van der Waals surface area contributed by atoms with Crippen molar-refractivity contribution in [2.24, 2.45) is 5.92 Å². The molecule has 6 atom stereocenters. The Morgan fingerprint density at radius 1 is 1.15 bits per heavy atom. The number of amides is 1. The molecule has 1 saturated heterocycles. The Hall–Kier alpha value is -2.90. The van der Waals surface area contributed by atoms with E-state index in [4.69, 9.17) is 11.6 Å². The second-order valence-corrected chi connectivity index (χ2v) is 18.8. The smallest absolute Gasteiger partial charge is 0.326 e. The molecule has 53 heavy (non-hydrogen) atoms. The predicted molar refractivity (Wildman–Crippen MR) is 208 cm³/mol. The van der Waals surface area contributed by atoms with Gasteiger partial charge in [0.1, 0.15) is 22.0 Å². The van der Waals surface area contributed by atoms with Gasteiger partial charge >= 0.3 is 11.9 Å². The molecule has 1 amide bonds. The number of rotatable bonds is 16. The van der Waals surface area contributed by atoms with Gasteiger partial charge in [-0.05, 0) is 74.6 Å². The Morgan fingerprint density at radius 2 is 1.92 bits per heavy atom. The van der Waals surface area contributed by atoms with Crippen LogP contribution in [0.2, 0.25) is 5.02 Å². The van der Waals surface area contributed by atoms with E-state index in [1.807, 2.05) is 18.2 Å². The van der Waals surface area contributed by atoms with E-state index in [0.29, 0.717) is 27.0 Å². The molecule has 1 saturated carbocycles. The maximum Gasteiger partial charge on any atom is 0.326 e. The molecule has 6 N–H and O–H groups in total. The molecular formula is C35H43ClN6O7S4. The van der Waals surface area contributed by atoms with Crippen molar-refractivity contribution < 1.29 is 33.0 Å². The van der Waals surface area contributed by atoms with Gasteiger partial charge in [0.2, 0.25) is 15.9 Å². The van der Waals surface area contributed by atoms with E-state index in [-0.39, 0.29) is 46.2 Å². The molecule has 2 fully saturated rings. The van der Waals surface area contributed by atoms with E-state index >= 15 is 0 Å². The Balaban J connectivity index is 0.980. The summed E-state index contributed by atoms with van der Waals surface area (Å²) in [4.78, 5) is 44.8. The van der Waals surface area contributed by atoms with Gasteiger partial charge in [-0.1, -0.05) is 54.8 Å². The Bertz CT molecular complexity index is 1900. The Kier molecular flexibility index (Phi) is 13.3. The molecule has 0 bridgehead atoms. The number of carboxylic acid groups (broad SMARTS) is 2. The number of halogens is 1. The highest BCUT2D eigenvalue weighted by Crippen LogP contribution is 2.40. The normalized spacial score (nSPS) is 22.3. The number of hydrogen-bond acceptors (Lipinski definition) is 12. The molecule has 0 spiro atoms. The van der Waals surface area contributed by atoms with Crippen molar-refractivity contribution in [3.8, 4) is 0 Å². The van der Waals surface area contributed by atoms with Crippen LogP contribution in [0.5, 0.6) is 0 Å². The number of thiazole rings is 1. The number of nitrogens with one attached hydrogen (secondary N) is 4. The second-order valence-electron chi connectivity index (χ2n) is 13.5. The van der Waals surface area contributed by atoms with Crippen LogP contribution >= 0.6 is 46.6 Å². The number of aryl methyl sites for hydroxylation is 1. The molecule has 3 aliphatic rings. The maximum atomic E-state index is 13.5. The van der Waals surface area contributed by atoms with E-state index in [9.17, 15) is 33.0 Å². The van der Waals surface area contributed by atoms with Crippen LogP contribution in [0.25, 0.3) is 0 Å². The fourth-order valence-electron chi connectivity index (χ4n) is 7.17. The van der Waals surface area contributed by atoms with Crippen molar-refractivity contribution in [1.29, 1.82) is 0 Å². The third-order valence-electron chi connectivity index (χ3n) is 9.82. The molecule has 6 rings (SSSR count). The number of aliphatic carboxylic acids is 2. The van der Waals surface area contributed by atoms with Gasteiger partial charge in [-0.25, -0.2) is 27.6 Å². The zero-order valence-electron chi connectivity index (χ0n) is 29.0. The van der Waals surface area contributed by atoms with Crippen molar-refractivity contribution in [2.75, 3.05) is 11.1 Å². The molecule has 0 radical (unpaired) electrons. The first kappa shape index (κ1) is 39.8. The largest absolute Gasteiger partial charge is 0.480 e. The van der Waals surface area contributed by atoms with Gasteiger partial charge in [-0.2, -0.15) is 11.8 Å². The molecule has 1 aromatic heterocycles. The van der Waals surface area contributed by atoms with Crippen molar-refractivity contribution in [2.45, 2.75) is 104 Å². The molecule has 3 heterocycles. The minimum absolute atomic E-state index is 0.00208. The van der Waals surface area contributed by atoms with Gasteiger partial charge in [0.05, 0.1) is 22.9 Å². The summed E-state index contributed by atoms with van der Waals surface area (Å²) in [7, 11) is -3.97. The van der Waals surface area contributed by atoms with Gasteiger partial charge in [0.15, 0.2) is 0 Å². The average Bonchev–Trinajstić information content (AvgIpc) is 3.77. The lowest BCUT2D eigenvalue weighted by atomic mass is 9.84. The Morgan fingerprint density at radius 3 is 2.68 bits per heavy atom. The second kappa shape index (κ2) is 17.7. The van der Waals surface area contributed by atoms with Crippen LogP contribution < -0.4 is 20.1 Å². The first-order valence-corrected chi connectivity index (χ1v) is 22.2. The number of anilines is 1. The van der Waals surface area contributed by atoms with Crippen LogP contribution in [0, 0.1) is 5.92 Å². The zero-order chi connectivity index (χ0) is 37.7. The van der Waals surface area contributed by atoms with E-state index < -0.39 is 40.1 Å². The summed E-state index contributed by atoms with van der Waals surface area (Å²) < 4.78 is 32.6. The van der Waals surface area contributed by atoms with Crippen LogP contribution in [0.3, 0.4) is 0 Å². The molecule has 1 aliphatic carbocycles. The minimum Gasteiger partial charge on any atom is -0.480 e. The standard InChI is InChI=1S/C35H43ClN6O7S4/c1-20(33(43)42-27-10-6-5-9-22(27)13-28(42)35(46)47)39-26(34(44)45)18-50-19-32-37-16-23(51-32)17-38-53(48,49)30-15-29-25(14-24(30)36)40-31(41-52-29)12-11-21-7-3-2-4-8-21/h2-4,7-8,14-16,20,22,26-28,31,38-41H,5-6,9-13,17-19H2,1H3,(H,44,45)(H,46,47)/t20-,22?,26?,27?,28-,31?/m0/s1. The van der Waals surface area contributed by atoms with Crippen LogP contribution in [0.15, 0.2) is 58.5 Å². The van der Waals surface area contributed by atoms with Crippen molar-refractivity contribution in [3.05, 3.63) is 69.1 Å². The zero-order valence-corrected chi connectivity index (χ0v) is 33.0. The molecule has 2 aliphatic heterocycles. The highest BCUT2D eigenvalue weighted by molar-refractivity contribution is 7.98. The van der Waals surface area contributed by atoms with E-state index in [2.05, 4.69) is 37.2 Å². The lowest BCUT2D eigenvalue weighted by Crippen LogP contribution is -2.56. The fourth-order valence-corrected chi connectivity index (χ4v) is 11.7. The highest BCUT2D eigenvalue weighted by Gasteiger charge is 2.48. The van der Waals surface area contributed by atoms with Crippen LogP contribution in [-0.4, -0.2) is 82.4 Å². The van der Waals surface area contributed by atoms with E-state index in [1.165, 1.54) is 45.5 Å². The number of carbonyl (C=O) groups is 3. The van der Waals surface area contributed by atoms with Gasteiger partial charge in [-0.15, -0.1) is 11.3 Å². The topological polar surface area (TPSA) is 190 Å². The number of thioether (sulfide) groups is 1. The van der Waals surface area contributed by atoms with E-state index in [0.717, 1.165) is 44.2 Å². The van der Waals surface area contributed by atoms with Crippen molar-refractivity contribution >= 4 is 80.2 Å². The summed E-state index contributed by atoms with van der Waals surface area (Å²) in [6.45, 7) is 1.58. The number of hydrogen-bond donors (Lipinski definition) is 6. The molecule has 2 aromatic carbocycles. The summed E-state index contributed by atoms with van der Waals surface area (Å²) in [5.74, 6) is -1.86. The maximum absolute atomic E-state index is 13.5. The first-order chi connectivity index (χ1) is 25.4. The summed E-state index contributed by atoms with van der Waals surface area (Å²) in [5, 5.41) is 26.8. The third kappa shape index (κ3) is 9.86. The lowest BCUT2D eigenvalue weighted by molar-refractivity contribution is -0.151. The Labute approximate surface area is 326 Å². The number of likely N-dealkylation sites (tertiary alicyclic amines) is 1. The summed E-state index contributed by atoms with van der Waals surface area (Å²) in [6.07, 6.45) is 7.32.